The normalized spacial score (nSPS) is 18.1. The number of benzene rings is 1. The number of carbonyl (C=O) groups excluding carboxylic acids is 3. The monoisotopic (exact) mass is 555 g/mol. The van der Waals surface area contributed by atoms with Gasteiger partial charge in [0.05, 0.1) is 32.0 Å². The van der Waals surface area contributed by atoms with Crippen molar-refractivity contribution in [1.82, 2.24) is 25.2 Å². The van der Waals surface area contributed by atoms with E-state index >= 15 is 0 Å². The highest BCUT2D eigenvalue weighted by Gasteiger charge is 2.31. The van der Waals surface area contributed by atoms with E-state index in [0.717, 1.165) is 12.0 Å². The zero-order valence-corrected chi connectivity index (χ0v) is 22.3. The number of rotatable bonds is 10. The first-order valence-electron chi connectivity index (χ1n) is 13.3. The molecule has 2 atom stereocenters. The highest BCUT2D eigenvalue weighted by atomic mass is 16.8. The summed E-state index contributed by atoms with van der Waals surface area (Å²) in [6, 6.07) is 9.77. The molecule has 1 unspecified atom stereocenters. The van der Waals surface area contributed by atoms with Crippen molar-refractivity contribution in [2.24, 2.45) is 0 Å². The van der Waals surface area contributed by atoms with Crippen LogP contribution >= 0.6 is 0 Å². The van der Waals surface area contributed by atoms with E-state index < -0.39 is 30.0 Å². The molecule has 2 N–H and O–H groups in total. The van der Waals surface area contributed by atoms with Crippen LogP contribution in [0, 0.1) is 0 Å². The van der Waals surface area contributed by atoms with E-state index in [9.17, 15) is 24.3 Å². The third-order valence-electron chi connectivity index (χ3n) is 6.62. The number of carboxylic acid groups (broad SMARTS) is 1. The molecular weight excluding hydrogens is 522 g/mol. The number of carboxylic acids is 1. The van der Waals surface area contributed by atoms with Crippen molar-refractivity contribution < 1.29 is 38.6 Å². The fourth-order valence-electron chi connectivity index (χ4n) is 4.50. The number of hydrogen-bond donors (Lipinski definition) is 2. The van der Waals surface area contributed by atoms with E-state index in [1.165, 1.54) is 9.96 Å². The lowest BCUT2D eigenvalue weighted by atomic mass is 10.0. The third-order valence-corrected chi connectivity index (χ3v) is 6.62. The van der Waals surface area contributed by atoms with Crippen LogP contribution in [-0.4, -0.2) is 101 Å². The first kappa shape index (κ1) is 28.9. The summed E-state index contributed by atoms with van der Waals surface area (Å²) in [5.74, 6) is -1.73. The molecule has 2 saturated heterocycles. The molecule has 2 aliphatic rings. The summed E-state index contributed by atoms with van der Waals surface area (Å²) in [6.45, 7) is 3.84. The van der Waals surface area contributed by atoms with Gasteiger partial charge in [-0.2, -0.15) is 0 Å². The van der Waals surface area contributed by atoms with Gasteiger partial charge in [0.2, 0.25) is 5.91 Å². The molecule has 214 valence electrons. The van der Waals surface area contributed by atoms with Gasteiger partial charge in [-0.3, -0.25) is 14.4 Å². The lowest BCUT2D eigenvalue weighted by Gasteiger charge is -2.35. The fraction of sp³-hybridized carbons (Fsp3) is 0.481. The van der Waals surface area contributed by atoms with Crippen LogP contribution in [-0.2, 0) is 23.9 Å². The van der Waals surface area contributed by atoms with Gasteiger partial charge in [0.15, 0.2) is 5.82 Å². The Kier molecular flexibility index (Phi) is 9.97. The average molecular weight is 556 g/mol. The van der Waals surface area contributed by atoms with Crippen LogP contribution in [0.25, 0.3) is 11.4 Å². The summed E-state index contributed by atoms with van der Waals surface area (Å²) in [5.41, 5.74) is 1.48. The summed E-state index contributed by atoms with van der Waals surface area (Å²) in [4.78, 5) is 65.5. The molecule has 2 aromatic rings. The van der Waals surface area contributed by atoms with Crippen LogP contribution in [0.15, 0.2) is 36.4 Å². The van der Waals surface area contributed by atoms with Crippen molar-refractivity contribution in [1.29, 1.82) is 0 Å². The summed E-state index contributed by atoms with van der Waals surface area (Å²) >= 11 is 0. The Labute approximate surface area is 231 Å². The quantitative estimate of drug-likeness (QED) is 0.412. The van der Waals surface area contributed by atoms with E-state index in [4.69, 9.17) is 14.3 Å². The predicted octanol–water partition coefficient (Wildman–Crippen LogP) is 1.84. The molecule has 0 aliphatic carbocycles. The minimum atomic E-state index is -1.09. The lowest BCUT2D eigenvalue weighted by molar-refractivity contribution is -0.157. The molecule has 1 aromatic heterocycles. The molecule has 2 amide bonds. The number of aromatic nitrogens is 2. The Morgan fingerprint density at radius 3 is 2.52 bits per heavy atom. The maximum Gasteiger partial charge on any atom is 0.527 e. The lowest BCUT2D eigenvalue weighted by Crippen LogP contribution is -2.55. The van der Waals surface area contributed by atoms with Gasteiger partial charge in [0.25, 0.3) is 5.91 Å². The zero-order valence-electron chi connectivity index (χ0n) is 22.3. The number of amides is 2. The van der Waals surface area contributed by atoms with Crippen LogP contribution in [0.3, 0.4) is 0 Å². The SMILES string of the molecule is CCOC(=O)ON1CCN(C(=O)[C@H](CCC(=O)O)NC(=O)c2cc(C3CCOC3)nc(-c3ccccc3)n2)CC1. The number of ether oxygens (including phenoxy) is 2. The van der Waals surface area contributed by atoms with Crippen molar-refractivity contribution in [3.63, 3.8) is 0 Å². The second-order valence-electron chi connectivity index (χ2n) is 9.42. The Morgan fingerprint density at radius 2 is 1.88 bits per heavy atom. The second-order valence-corrected chi connectivity index (χ2v) is 9.42. The minimum Gasteiger partial charge on any atom is -0.481 e. The minimum absolute atomic E-state index is 0.00886. The van der Waals surface area contributed by atoms with Crippen LogP contribution < -0.4 is 5.32 Å². The van der Waals surface area contributed by atoms with Crippen LogP contribution in [0.4, 0.5) is 4.79 Å². The molecule has 2 fully saturated rings. The van der Waals surface area contributed by atoms with E-state index in [-0.39, 0.29) is 57.2 Å². The number of aliphatic carboxylic acids is 1. The fourth-order valence-corrected chi connectivity index (χ4v) is 4.50. The molecule has 40 heavy (non-hydrogen) atoms. The van der Waals surface area contributed by atoms with Crippen molar-refractivity contribution in [2.45, 2.75) is 38.1 Å². The van der Waals surface area contributed by atoms with Gasteiger partial charge in [-0.1, -0.05) is 30.3 Å². The topological polar surface area (TPSA) is 160 Å². The van der Waals surface area contributed by atoms with Gasteiger partial charge >= 0.3 is 12.1 Å². The number of hydrogen-bond acceptors (Lipinski definition) is 10. The number of nitrogens with one attached hydrogen (secondary N) is 1. The average Bonchev–Trinajstić information content (AvgIpc) is 3.51. The number of piperazine rings is 1. The molecule has 4 rings (SSSR count). The molecule has 3 heterocycles. The third kappa shape index (κ3) is 7.73. The summed E-state index contributed by atoms with van der Waals surface area (Å²) in [5, 5.41) is 13.4. The number of nitrogens with zero attached hydrogens (tertiary/aromatic N) is 4. The van der Waals surface area contributed by atoms with Gasteiger partial charge < -0.3 is 29.6 Å². The summed E-state index contributed by atoms with van der Waals surface area (Å²) < 4.78 is 10.3. The molecule has 2 aliphatic heterocycles. The van der Waals surface area contributed by atoms with Gasteiger partial charge in [0, 0.05) is 37.6 Å². The molecule has 1 aromatic carbocycles. The first-order chi connectivity index (χ1) is 19.3. The molecule has 13 nitrogen and oxygen atoms in total. The van der Waals surface area contributed by atoms with Crippen LogP contribution in [0.5, 0.6) is 0 Å². The van der Waals surface area contributed by atoms with E-state index in [2.05, 4.69) is 15.3 Å². The number of carbonyl (C=O) groups is 4. The Hall–Kier alpha value is -4.10. The molecule has 0 spiro atoms. The molecular formula is C27H33N5O8. The second kappa shape index (κ2) is 13.8. The standard InChI is InChI=1S/C27H33N5O8/c1-2-39-27(37)40-32-13-11-31(12-14-32)26(36)20(8-9-23(33)34)30-25(35)22-16-21(19-10-15-38-17-19)28-24(29-22)18-6-4-3-5-7-18/h3-7,16,19-20H,2,8-15,17H2,1H3,(H,30,35)(H,33,34)/t19?,20-/m0/s1. The summed E-state index contributed by atoms with van der Waals surface area (Å²) in [6.07, 6.45) is -0.471. The Bertz CT molecular complexity index is 1200. The maximum atomic E-state index is 13.4. The molecule has 0 radical (unpaired) electrons. The highest BCUT2D eigenvalue weighted by molar-refractivity contribution is 5.96. The van der Waals surface area contributed by atoms with Gasteiger partial charge in [0.1, 0.15) is 11.7 Å². The van der Waals surface area contributed by atoms with Crippen molar-refractivity contribution in [3.05, 3.63) is 47.8 Å². The number of hydroxylamine groups is 2. The maximum absolute atomic E-state index is 13.4. The highest BCUT2D eigenvalue weighted by Crippen LogP contribution is 2.26. The van der Waals surface area contributed by atoms with Crippen LogP contribution in [0.1, 0.15) is 48.3 Å². The van der Waals surface area contributed by atoms with Gasteiger partial charge in [-0.05, 0) is 25.8 Å². The molecule has 0 saturated carbocycles. The van der Waals surface area contributed by atoms with E-state index in [0.29, 0.717) is 24.7 Å². The van der Waals surface area contributed by atoms with E-state index in [1.807, 2.05) is 30.3 Å². The molecule has 13 heteroatoms. The van der Waals surface area contributed by atoms with Crippen molar-refractivity contribution >= 4 is 23.9 Å². The van der Waals surface area contributed by atoms with E-state index in [1.54, 1.807) is 13.0 Å². The zero-order chi connectivity index (χ0) is 28.5. The van der Waals surface area contributed by atoms with Crippen LogP contribution in [0.2, 0.25) is 0 Å². The van der Waals surface area contributed by atoms with Crippen molar-refractivity contribution in [3.8, 4) is 11.4 Å². The first-order valence-corrected chi connectivity index (χ1v) is 13.3. The van der Waals surface area contributed by atoms with Crippen molar-refractivity contribution in [2.75, 3.05) is 46.0 Å². The van der Waals surface area contributed by atoms with Gasteiger partial charge in [-0.25, -0.2) is 14.8 Å². The molecule has 0 bridgehead atoms. The Morgan fingerprint density at radius 1 is 1.12 bits per heavy atom. The largest absolute Gasteiger partial charge is 0.527 e. The predicted molar refractivity (Wildman–Crippen MR) is 140 cm³/mol. The Balaban J connectivity index is 1.50. The van der Waals surface area contributed by atoms with Gasteiger partial charge in [-0.15, -0.1) is 5.06 Å². The summed E-state index contributed by atoms with van der Waals surface area (Å²) in [7, 11) is 0. The smallest absolute Gasteiger partial charge is 0.481 e.